The van der Waals surface area contributed by atoms with Gasteiger partial charge in [0.05, 0.1) is 21.6 Å². The van der Waals surface area contributed by atoms with Crippen molar-refractivity contribution >= 4 is 43.0 Å². The number of aryl methyl sites for hydroxylation is 2. The van der Waals surface area contributed by atoms with Gasteiger partial charge in [0.2, 0.25) is 10.0 Å². The third kappa shape index (κ3) is 3.63. The Morgan fingerprint density at radius 2 is 2.05 bits per heavy atom. The van der Waals surface area contributed by atoms with Crippen molar-refractivity contribution < 1.29 is 8.42 Å². The SMILES string of the molecule is Cc1nc(C)c(C(C)NS(=O)(=O)c2ccc(N)c(Br)c2)s1. The lowest BCUT2D eigenvalue weighted by atomic mass is 10.2. The van der Waals surface area contributed by atoms with Crippen molar-refractivity contribution in [2.75, 3.05) is 5.73 Å². The summed E-state index contributed by atoms with van der Waals surface area (Å²) in [5, 5.41) is 0.920. The summed E-state index contributed by atoms with van der Waals surface area (Å²) in [4.78, 5) is 5.42. The first-order chi connectivity index (χ1) is 9.70. The van der Waals surface area contributed by atoms with Crippen LogP contribution in [0.1, 0.15) is 28.5 Å². The number of aromatic nitrogens is 1. The molecule has 1 atom stereocenters. The molecule has 2 rings (SSSR count). The number of rotatable bonds is 4. The molecule has 21 heavy (non-hydrogen) atoms. The molecule has 5 nitrogen and oxygen atoms in total. The molecular weight excluding hydrogens is 374 g/mol. The van der Waals surface area contributed by atoms with Crippen LogP contribution in [-0.2, 0) is 10.0 Å². The minimum atomic E-state index is -3.61. The number of sulfonamides is 1. The number of thiazole rings is 1. The molecular formula is C13H16BrN3O2S2. The van der Waals surface area contributed by atoms with Crippen LogP contribution in [0.4, 0.5) is 5.69 Å². The number of anilines is 1. The van der Waals surface area contributed by atoms with Crippen LogP contribution in [0.15, 0.2) is 27.6 Å². The van der Waals surface area contributed by atoms with Gasteiger partial charge in [-0.1, -0.05) is 0 Å². The van der Waals surface area contributed by atoms with Gasteiger partial charge in [-0.3, -0.25) is 0 Å². The molecule has 0 spiro atoms. The summed E-state index contributed by atoms with van der Waals surface area (Å²) in [5.41, 5.74) is 7.03. The molecule has 0 fully saturated rings. The molecule has 1 aromatic carbocycles. The van der Waals surface area contributed by atoms with Crippen molar-refractivity contribution in [3.63, 3.8) is 0 Å². The number of hydrogen-bond donors (Lipinski definition) is 2. The fourth-order valence-electron chi connectivity index (χ4n) is 1.98. The molecule has 1 aromatic heterocycles. The Labute approximate surface area is 136 Å². The van der Waals surface area contributed by atoms with Crippen molar-refractivity contribution in [2.45, 2.75) is 31.7 Å². The van der Waals surface area contributed by atoms with Crippen LogP contribution < -0.4 is 10.5 Å². The smallest absolute Gasteiger partial charge is 0.241 e. The van der Waals surface area contributed by atoms with E-state index in [0.29, 0.717) is 10.2 Å². The predicted molar refractivity (Wildman–Crippen MR) is 88.9 cm³/mol. The van der Waals surface area contributed by atoms with Gasteiger partial charge in [-0.05, 0) is 54.9 Å². The van der Waals surface area contributed by atoms with E-state index in [0.717, 1.165) is 15.6 Å². The number of nitrogens with one attached hydrogen (secondary N) is 1. The van der Waals surface area contributed by atoms with Gasteiger partial charge in [0.1, 0.15) is 0 Å². The molecule has 1 unspecified atom stereocenters. The van der Waals surface area contributed by atoms with Gasteiger partial charge >= 0.3 is 0 Å². The number of benzene rings is 1. The highest BCUT2D eigenvalue weighted by atomic mass is 79.9. The highest BCUT2D eigenvalue weighted by Gasteiger charge is 2.21. The van der Waals surface area contributed by atoms with Crippen LogP contribution in [0.3, 0.4) is 0 Å². The minimum Gasteiger partial charge on any atom is -0.398 e. The highest BCUT2D eigenvalue weighted by Crippen LogP contribution is 2.27. The number of hydrogen-bond acceptors (Lipinski definition) is 5. The summed E-state index contributed by atoms with van der Waals surface area (Å²) in [6, 6.07) is 4.21. The van der Waals surface area contributed by atoms with Gasteiger partial charge in [0.25, 0.3) is 0 Å². The van der Waals surface area contributed by atoms with E-state index in [9.17, 15) is 8.42 Å². The van der Waals surface area contributed by atoms with Crippen molar-refractivity contribution in [1.29, 1.82) is 0 Å². The van der Waals surface area contributed by atoms with Crippen LogP contribution in [0.5, 0.6) is 0 Å². The summed E-state index contributed by atoms with van der Waals surface area (Å²) < 4.78 is 28.0. The van der Waals surface area contributed by atoms with Gasteiger partial charge in [0.15, 0.2) is 0 Å². The van der Waals surface area contributed by atoms with Crippen molar-refractivity contribution in [3.05, 3.63) is 38.3 Å². The quantitative estimate of drug-likeness (QED) is 0.786. The van der Waals surface area contributed by atoms with Crippen LogP contribution in [0, 0.1) is 13.8 Å². The summed E-state index contributed by atoms with van der Waals surface area (Å²) in [6.45, 7) is 5.59. The Morgan fingerprint density at radius 3 is 2.57 bits per heavy atom. The summed E-state index contributed by atoms with van der Waals surface area (Å²) in [5.74, 6) is 0. The zero-order valence-electron chi connectivity index (χ0n) is 11.8. The zero-order chi connectivity index (χ0) is 15.8. The van der Waals surface area contributed by atoms with E-state index in [1.165, 1.54) is 23.5 Å². The Kier molecular flexibility index (Phi) is 4.72. The Balaban J connectivity index is 2.28. The Morgan fingerprint density at radius 1 is 1.38 bits per heavy atom. The molecule has 0 aliphatic carbocycles. The first-order valence-corrected chi connectivity index (χ1v) is 9.31. The van der Waals surface area contributed by atoms with Crippen molar-refractivity contribution in [2.24, 2.45) is 0 Å². The first kappa shape index (κ1) is 16.4. The molecule has 114 valence electrons. The molecule has 0 aliphatic rings. The molecule has 0 aliphatic heterocycles. The molecule has 0 saturated carbocycles. The van der Waals surface area contributed by atoms with E-state index in [-0.39, 0.29) is 10.9 Å². The van der Waals surface area contributed by atoms with Gasteiger partial charge in [0, 0.05) is 15.0 Å². The molecule has 0 saturated heterocycles. The highest BCUT2D eigenvalue weighted by molar-refractivity contribution is 9.10. The third-order valence-electron chi connectivity index (χ3n) is 2.95. The Hall–Kier alpha value is -0.960. The van der Waals surface area contributed by atoms with Crippen LogP contribution in [-0.4, -0.2) is 13.4 Å². The zero-order valence-corrected chi connectivity index (χ0v) is 15.1. The van der Waals surface area contributed by atoms with Crippen LogP contribution >= 0.6 is 27.3 Å². The van der Waals surface area contributed by atoms with E-state index in [2.05, 4.69) is 25.6 Å². The molecule has 3 N–H and O–H groups in total. The summed E-state index contributed by atoms with van der Waals surface area (Å²) >= 11 is 4.74. The van der Waals surface area contributed by atoms with E-state index in [1.807, 2.05) is 20.8 Å². The average Bonchev–Trinajstić information content (AvgIpc) is 2.71. The lowest BCUT2D eigenvalue weighted by molar-refractivity contribution is 0.568. The largest absolute Gasteiger partial charge is 0.398 e. The second-order valence-corrected chi connectivity index (χ2v) is 8.51. The first-order valence-electron chi connectivity index (χ1n) is 6.22. The molecule has 2 aromatic rings. The van der Waals surface area contributed by atoms with Crippen LogP contribution in [0.25, 0.3) is 0 Å². The standard InChI is InChI=1S/C13H16BrN3O2S2/c1-7-13(20-9(3)16-7)8(2)17-21(18,19)10-4-5-12(15)11(14)6-10/h4-6,8,17H,15H2,1-3H3. The number of nitrogens with zero attached hydrogens (tertiary/aromatic N) is 1. The molecule has 8 heteroatoms. The Bertz CT molecular complexity index is 772. The maximum absolute atomic E-state index is 12.4. The van der Waals surface area contributed by atoms with E-state index >= 15 is 0 Å². The maximum Gasteiger partial charge on any atom is 0.241 e. The summed E-state index contributed by atoms with van der Waals surface area (Å²) in [6.07, 6.45) is 0. The fraction of sp³-hybridized carbons (Fsp3) is 0.308. The lowest BCUT2D eigenvalue weighted by Gasteiger charge is -2.14. The topological polar surface area (TPSA) is 85.1 Å². The van der Waals surface area contributed by atoms with Gasteiger partial charge in [-0.25, -0.2) is 18.1 Å². The molecule has 1 heterocycles. The van der Waals surface area contributed by atoms with Gasteiger partial charge in [-0.2, -0.15) is 0 Å². The van der Waals surface area contributed by atoms with Crippen molar-refractivity contribution in [1.82, 2.24) is 9.71 Å². The number of halogens is 1. The maximum atomic E-state index is 12.4. The predicted octanol–water partition coefficient (Wildman–Crippen LogP) is 3.14. The second-order valence-electron chi connectivity index (χ2n) is 4.71. The van der Waals surface area contributed by atoms with Crippen LogP contribution in [0.2, 0.25) is 0 Å². The molecule has 0 amide bonds. The van der Waals surface area contributed by atoms with Crippen molar-refractivity contribution in [3.8, 4) is 0 Å². The molecule has 0 radical (unpaired) electrons. The van der Waals surface area contributed by atoms with E-state index in [4.69, 9.17) is 5.73 Å². The van der Waals surface area contributed by atoms with Gasteiger partial charge in [-0.15, -0.1) is 11.3 Å². The van der Waals surface area contributed by atoms with E-state index < -0.39 is 10.0 Å². The number of nitrogens with two attached hydrogens (primary N) is 1. The number of nitrogen functional groups attached to an aromatic ring is 1. The molecule has 0 bridgehead atoms. The fourth-order valence-corrected chi connectivity index (χ4v) is 4.75. The minimum absolute atomic E-state index is 0.175. The van der Waals surface area contributed by atoms with E-state index in [1.54, 1.807) is 6.07 Å². The lowest BCUT2D eigenvalue weighted by Crippen LogP contribution is -2.26. The third-order valence-corrected chi connectivity index (χ3v) is 6.43. The normalized spacial score (nSPS) is 13.3. The average molecular weight is 390 g/mol. The monoisotopic (exact) mass is 389 g/mol. The van der Waals surface area contributed by atoms with Gasteiger partial charge < -0.3 is 5.73 Å². The second kappa shape index (κ2) is 6.04. The summed E-state index contributed by atoms with van der Waals surface area (Å²) in [7, 11) is -3.61.